The predicted molar refractivity (Wildman–Crippen MR) is 70.2 cm³/mol. The van der Waals surface area contributed by atoms with E-state index in [0.29, 0.717) is 12.1 Å². The Morgan fingerprint density at radius 1 is 1.20 bits per heavy atom. The second-order valence-corrected chi connectivity index (χ2v) is 4.17. The predicted octanol–water partition coefficient (Wildman–Crippen LogP) is 1.72. The van der Waals surface area contributed by atoms with Crippen LogP contribution in [0.25, 0.3) is 0 Å². The number of methoxy groups -OCH3 is 1. The van der Waals surface area contributed by atoms with Gasteiger partial charge < -0.3 is 4.74 Å². The number of nitrogens with zero attached hydrogens (tertiary/aromatic N) is 2. The lowest BCUT2D eigenvalue weighted by Gasteiger charge is -2.00. The van der Waals surface area contributed by atoms with E-state index < -0.39 is 4.92 Å². The topological polar surface area (TPSA) is 73.3 Å². The van der Waals surface area contributed by atoms with Crippen molar-refractivity contribution >= 4 is 11.7 Å². The van der Waals surface area contributed by atoms with E-state index in [-0.39, 0.29) is 11.7 Å². The fourth-order valence-electron chi connectivity index (χ4n) is 1.75. The van der Waals surface area contributed by atoms with Crippen LogP contribution in [0.4, 0.5) is 5.69 Å². The maximum Gasteiger partial charge on any atom is 0.338 e. The van der Waals surface area contributed by atoms with Gasteiger partial charge in [-0.2, -0.15) is 0 Å². The Morgan fingerprint density at radius 2 is 1.80 bits per heavy atom. The Kier molecular flexibility index (Phi) is 4.05. The molecule has 0 saturated heterocycles. The molecule has 1 aromatic heterocycles. The molecular weight excluding hydrogens is 260 g/mol. The number of esters is 1. The number of pyridine rings is 1. The third-order valence-corrected chi connectivity index (χ3v) is 2.82. The second kappa shape index (κ2) is 5.92. The Labute approximate surface area is 115 Å². The first kappa shape index (κ1) is 13.7. The number of carbonyl (C=O) groups is 1. The first-order chi connectivity index (χ1) is 9.60. The fourth-order valence-corrected chi connectivity index (χ4v) is 1.75. The van der Waals surface area contributed by atoms with Gasteiger partial charge in [0, 0.05) is 29.8 Å². The zero-order valence-corrected chi connectivity index (χ0v) is 10.9. The second-order valence-electron chi connectivity index (χ2n) is 4.17. The van der Waals surface area contributed by atoms with Crippen molar-refractivity contribution in [3.63, 3.8) is 0 Å². The van der Waals surface area contributed by atoms with Crippen molar-refractivity contribution in [1.29, 1.82) is 0 Å². The minimum absolute atomic E-state index is 0.0692. The Morgan fingerprint density at radius 3 is 2.30 bits per heavy atom. The van der Waals surface area contributed by atoms with Crippen LogP contribution in [-0.2, 0) is 11.3 Å². The van der Waals surface area contributed by atoms with Crippen LogP contribution in [0.3, 0.4) is 0 Å². The van der Waals surface area contributed by atoms with Gasteiger partial charge in [-0.3, -0.25) is 10.1 Å². The van der Waals surface area contributed by atoms with Crippen LogP contribution in [0.1, 0.15) is 15.9 Å². The highest BCUT2D eigenvalue weighted by molar-refractivity contribution is 5.88. The summed E-state index contributed by atoms with van der Waals surface area (Å²) < 4.78 is 6.49. The minimum atomic E-state index is -0.428. The van der Waals surface area contributed by atoms with E-state index in [1.807, 2.05) is 4.57 Å². The molecule has 0 spiro atoms. The summed E-state index contributed by atoms with van der Waals surface area (Å²) in [5.74, 6) is -0.382. The van der Waals surface area contributed by atoms with E-state index in [4.69, 9.17) is 0 Å². The molecule has 1 aromatic carbocycles. The molecule has 1 heterocycles. The van der Waals surface area contributed by atoms with Crippen LogP contribution in [-0.4, -0.2) is 18.0 Å². The highest BCUT2D eigenvalue weighted by Crippen LogP contribution is 2.11. The first-order valence-corrected chi connectivity index (χ1v) is 5.91. The first-order valence-electron chi connectivity index (χ1n) is 5.91. The van der Waals surface area contributed by atoms with Crippen LogP contribution >= 0.6 is 0 Å². The summed E-state index contributed by atoms with van der Waals surface area (Å²) in [6, 6.07) is 9.69. The van der Waals surface area contributed by atoms with Gasteiger partial charge in [-0.1, -0.05) is 0 Å². The van der Waals surface area contributed by atoms with Crippen LogP contribution in [0, 0.1) is 10.1 Å². The number of non-ortho nitro benzene ring substituents is 1. The van der Waals surface area contributed by atoms with Crippen molar-refractivity contribution in [1.82, 2.24) is 0 Å². The van der Waals surface area contributed by atoms with Gasteiger partial charge in [0.25, 0.3) is 5.69 Å². The van der Waals surface area contributed by atoms with E-state index in [1.165, 1.54) is 19.2 Å². The van der Waals surface area contributed by atoms with Crippen molar-refractivity contribution in [2.45, 2.75) is 6.54 Å². The number of benzene rings is 1. The molecule has 102 valence electrons. The normalized spacial score (nSPS) is 10.1. The Balaban J connectivity index is 2.10. The van der Waals surface area contributed by atoms with Crippen molar-refractivity contribution < 1.29 is 19.0 Å². The number of rotatable bonds is 4. The van der Waals surface area contributed by atoms with E-state index in [9.17, 15) is 14.9 Å². The van der Waals surface area contributed by atoms with Crippen LogP contribution < -0.4 is 4.57 Å². The van der Waals surface area contributed by atoms with Gasteiger partial charge in [-0.25, -0.2) is 9.36 Å². The third-order valence-electron chi connectivity index (χ3n) is 2.82. The summed E-state index contributed by atoms with van der Waals surface area (Å²) >= 11 is 0. The number of hydrogen-bond donors (Lipinski definition) is 0. The molecule has 6 heteroatoms. The molecule has 0 aliphatic rings. The molecule has 0 aliphatic carbocycles. The average molecular weight is 273 g/mol. The SMILES string of the molecule is COC(=O)c1cc[n+](Cc2ccc([N+](=O)[O-])cc2)cc1. The van der Waals surface area contributed by atoms with Gasteiger partial charge in [-0.15, -0.1) is 0 Å². The lowest BCUT2D eigenvalue weighted by Crippen LogP contribution is -2.33. The lowest BCUT2D eigenvalue weighted by molar-refractivity contribution is -0.688. The molecule has 0 N–H and O–H groups in total. The fraction of sp³-hybridized carbons (Fsp3) is 0.143. The summed E-state index contributed by atoms with van der Waals surface area (Å²) in [5.41, 5.74) is 1.48. The van der Waals surface area contributed by atoms with Crippen molar-refractivity contribution in [2.24, 2.45) is 0 Å². The molecule has 0 bridgehead atoms. The smallest absolute Gasteiger partial charge is 0.338 e. The largest absolute Gasteiger partial charge is 0.465 e. The maximum atomic E-state index is 11.3. The molecule has 0 unspecified atom stereocenters. The van der Waals surface area contributed by atoms with Crippen molar-refractivity contribution in [2.75, 3.05) is 7.11 Å². The number of aromatic nitrogens is 1. The van der Waals surface area contributed by atoms with Crippen molar-refractivity contribution in [3.8, 4) is 0 Å². The average Bonchev–Trinajstić information content (AvgIpc) is 2.48. The third kappa shape index (κ3) is 3.17. The van der Waals surface area contributed by atoms with Crippen LogP contribution in [0.5, 0.6) is 0 Å². The highest BCUT2D eigenvalue weighted by atomic mass is 16.6. The molecular formula is C14H13N2O4+. The molecule has 0 radical (unpaired) electrons. The zero-order valence-electron chi connectivity index (χ0n) is 10.9. The van der Waals surface area contributed by atoms with Gasteiger partial charge in [0.05, 0.1) is 17.6 Å². The molecule has 0 saturated carbocycles. The highest BCUT2D eigenvalue weighted by Gasteiger charge is 2.10. The molecule has 0 aliphatic heterocycles. The Bertz CT molecular complexity index is 621. The zero-order chi connectivity index (χ0) is 14.5. The van der Waals surface area contributed by atoms with E-state index in [2.05, 4.69) is 4.74 Å². The number of nitro benzene ring substituents is 1. The molecule has 2 aromatic rings. The quantitative estimate of drug-likeness (QED) is 0.368. The number of nitro groups is 1. The maximum absolute atomic E-state index is 11.3. The number of ether oxygens (including phenoxy) is 1. The standard InChI is InChI=1S/C14H13N2O4/c1-20-14(17)12-6-8-15(9-7-12)10-11-2-4-13(5-3-11)16(18)19/h2-9H,10H2,1H3/q+1. The number of carbonyl (C=O) groups excluding carboxylic acids is 1. The van der Waals surface area contributed by atoms with E-state index in [1.54, 1.807) is 36.7 Å². The van der Waals surface area contributed by atoms with Gasteiger partial charge in [0.2, 0.25) is 0 Å². The summed E-state index contributed by atoms with van der Waals surface area (Å²) in [6.07, 6.45) is 3.52. The van der Waals surface area contributed by atoms with Crippen molar-refractivity contribution in [3.05, 3.63) is 70.0 Å². The Hall–Kier alpha value is -2.76. The molecule has 0 amide bonds. The molecule has 6 nitrogen and oxygen atoms in total. The van der Waals surface area contributed by atoms with Gasteiger partial charge >= 0.3 is 5.97 Å². The van der Waals surface area contributed by atoms with Crippen LogP contribution in [0.2, 0.25) is 0 Å². The lowest BCUT2D eigenvalue weighted by atomic mass is 10.2. The van der Waals surface area contributed by atoms with Gasteiger partial charge in [-0.05, 0) is 12.1 Å². The summed E-state index contributed by atoms with van der Waals surface area (Å²) in [7, 11) is 1.33. The minimum Gasteiger partial charge on any atom is -0.465 e. The molecule has 20 heavy (non-hydrogen) atoms. The number of hydrogen-bond acceptors (Lipinski definition) is 4. The van der Waals surface area contributed by atoms with Gasteiger partial charge in [0.1, 0.15) is 0 Å². The van der Waals surface area contributed by atoms with Crippen LogP contribution in [0.15, 0.2) is 48.8 Å². The molecule has 0 atom stereocenters. The summed E-state index contributed by atoms with van der Waals surface area (Å²) in [5, 5.41) is 10.6. The molecule has 0 fully saturated rings. The van der Waals surface area contributed by atoms with E-state index in [0.717, 1.165) is 5.56 Å². The summed E-state index contributed by atoms with van der Waals surface area (Å²) in [6.45, 7) is 0.569. The van der Waals surface area contributed by atoms with Gasteiger partial charge in [0.15, 0.2) is 18.9 Å². The summed E-state index contributed by atoms with van der Waals surface area (Å²) in [4.78, 5) is 21.4. The van der Waals surface area contributed by atoms with E-state index >= 15 is 0 Å². The monoisotopic (exact) mass is 273 g/mol. The molecule has 2 rings (SSSR count).